The van der Waals surface area contributed by atoms with E-state index in [1.807, 2.05) is 9.47 Å². The lowest BCUT2D eigenvalue weighted by Gasteiger charge is -2.51. The fourth-order valence-electron chi connectivity index (χ4n) is 2.97. The molecule has 2 fully saturated rings. The number of hydrogen-bond acceptors (Lipinski definition) is 6. The SMILES string of the molecule is O=C(OOC(=O)OC1(F)C(F)(F)C(F)(F)C(F)(F)C(F)(F)C1(F)F)OC1(F)C(F)(F)C(F)(F)C(F)(F)C(F)(F)C1(F)F. The molecule has 0 unspecified atom stereocenters. The molecule has 6 nitrogen and oxygen atoms in total. The van der Waals surface area contributed by atoms with Crippen molar-refractivity contribution in [3.63, 3.8) is 0 Å². The van der Waals surface area contributed by atoms with Crippen molar-refractivity contribution < 1.29 is 125 Å². The third-order valence-electron chi connectivity index (χ3n) is 5.40. The van der Waals surface area contributed by atoms with Crippen LogP contribution in [0, 0.1) is 0 Å². The van der Waals surface area contributed by atoms with Crippen LogP contribution in [0.25, 0.3) is 0 Å². The van der Waals surface area contributed by atoms with Crippen molar-refractivity contribution in [2.75, 3.05) is 0 Å². The van der Waals surface area contributed by atoms with Crippen molar-refractivity contribution in [2.24, 2.45) is 0 Å². The van der Waals surface area contributed by atoms with Crippen LogP contribution in [0.4, 0.5) is 106 Å². The molecule has 0 atom stereocenters. The first kappa shape index (κ1) is 35.2. The minimum absolute atomic E-state index is 2.03. The van der Waals surface area contributed by atoms with Gasteiger partial charge in [-0.2, -0.15) is 116 Å². The van der Waals surface area contributed by atoms with Gasteiger partial charge in [-0.25, -0.2) is 0 Å². The highest BCUT2D eigenvalue weighted by atomic mass is 19.4. The number of rotatable bonds is 2. The summed E-state index contributed by atoms with van der Waals surface area (Å²) in [7, 11) is 0. The summed E-state index contributed by atoms with van der Waals surface area (Å²) >= 11 is 0. The van der Waals surface area contributed by atoms with E-state index in [1.54, 1.807) is 0 Å². The van der Waals surface area contributed by atoms with Crippen LogP contribution >= 0.6 is 0 Å². The molecule has 2 aliphatic carbocycles. The van der Waals surface area contributed by atoms with Crippen LogP contribution in [0.1, 0.15) is 0 Å². The Morgan fingerprint density at radius 3 is 0.595 bits per heavy atom. The number of hydrogen-bond donors (Lipinski definition) is 0. The Labute approximate surface area is 210 Å². The van der Waals surface area contributed by atoms with Crippen molar-refractivity contribution in [3.8, 4) is 0 Å². The Kier molecular flexibility index (Phi) is 6.99. The zero-order valence-corrected chi connectivity index (χ0v) is 17.8. The summed E-state index contributed by atoms with van der Waals surface area (Å²) in [5.41, 5.74) is 0. The summed E-state index contributed by atoms with van der Waals surface area (Å²) in [4.78, 5) is 26.6. The van der Waals surface area contributed by atoms with Gasteiger partial charge in [0.05, 0.1) is 0 Å². The van der Waals surface area contributed by atoms with Gasteiger partial charge in [-0.05, 0) is 0 Å². The van der Waals surface area contributed by atoms with E-state index < -0.39 is 83.2 Å². The lowest BCUT2D eigenvalue weighted by molar-refractivity contribution is -0.521. The minimum Gasteiger partial charge on any atom is -0.381 e. The second kappa shape index (κ2) is 8.34. The molecular formula is C14F22O6. The van der Waals surface area contributed by atoms with Crippen LogP contribution in [0.5, 0.6) is 0 Å². The number of carbonyl (C=O) groups is 2. The van der Waals surface area contributed by atoms with Gasteiger partial charge in [-0.15, -0.1) is 0 Å². The number of ether oxygens (including phenoxy) is 2. The fraction of sp³-hybridized carbons (Fsp3) is 0.857. The topological polar surface area (TPSA) is 71.1 Å². The van der Waals surface area contributed by atoms with Gasteiger partial charge in [-0.3, -0.25) is 0 Å². The van der Waals surface area contributed by atoms with Gasteiger partial charge in [0.15, 0.2) is 0 Å². The lowest BCUT2D eigenvalue weighted by atomic mass is 9.78. The molecule has 0 aliphatic heterocycles. The molecule has 2 rings (SSSR count). The molecule has 0 N–H and O–H groups in total. The largest absolute Gasteiger partial charge is 0.553 e. The molecule has 2 aliphatic rings. The van der Waals surface area contributed by atoms with Crippen LogP contribution in [-0.2, 0) is 19.2 Å². The third-order valence-corrected chi connectivity index (χ3v) is 5.40. The van der Waals surface area contributed by atoms with Crippen LogP contribution in [0.3, 0.4) is 0 Å². The van der Waals surface area contributed by atoms with E-state index in [0.29, 0.717) is 0 Å². The zero-order chi connectivity index (χ0) is 34.0. The second-order valence-electron chi connectivity index (χ2n) is 7.81. The van der Waals surface area contributed by atoms with Crippen LogP contribution in [0.15, 0.2) is 0 Å². The van der Waals surface area contributed by atoms with E-state index in [0.717, 1.165) is 0 Å². The normalized spacial score (nSPS) is 30.7. The smallest absolute Gasteiger partial charge is 0.381 e. The van der Waals surface area contributed by atoms with Crippen molar-refractivity contribution in [1.82, 2.24) is 0 Å². The first-order valence-electron chi connectivity index (χ1n) is 8.96. The minimum atomic E-state index is -7.95. The Balaban J connectivity index is 2.39. The molecule has 42 heavy (non-hydrogen) atoms. The zero-order valence-electron chi connectivity index (χ0n) is 17.8. The number of carbonyl (C=O) groups excluding carboxylic acids is 2. The Hall–Kier alpha value is -3.00. The van der Waals surface area contributed by atoms with Crippen molar-refractivity contribution in [1.29, 1.82) is 0 Å². The molecule has 0 amide bonds. The summed E-state index contributed by atoms with van der Waals surface area (Å²) in [5, 5.41) is 0. The Morgan fingerprint density at radius 2 is 0.429 bits per heavy atom. The number of alkyl halides is 22. The summed E-state index contributed by atoms with van der Waals surface area (Å²) in [5.74, 6) is -94.7. The predicted octanol–water partition coefficient (Wildman–Crippen LogP) is 6.92. The van der Waals surface area contributed by atoms with Crippen molar-refractivity contribution in [2.45, 2.75) is 70.9 Å². The number of halogens is 22. The van der Waals surface area contributed by atoms with Gasteiger partial charge < -0.3 is 9.47 Å². The standard InChI is InChI=1S/C14F22O6/c15-3(16)5(19,20)9(27,28)13(35,10(29,30)6(3,21)22)39-1(37)41-42-2(38)40-14(36)11(31,32)7(23,24)4(17,18)8(25,26)12(14,33)34. The fourth-order valence-corrected chi connectivity index (χ4v) is 2.97. The van der Waals surface area contributed by atoms with Gasteiger partial charge >= 0.3 is 83.2 Å². The first-order valence-corrected chi connectivity index (χ1v) is 8.96. The third kappa shape index (κ3) is 3.33. The van der Waals surface area contributed by atoms with Gasteiger partial charge in [0, 0.05) is 0 Å². The average Bonchev–Trinajstić information content (AvgIpc) is 2.79. The first-order chi connectivity index (χ1) is 18.0. The second-order valence-corrected chi connectivity index (χ2v) is 7.81. The predicted molar refractivity (Wildman–Crippen MR) is 72.3 cm³/mol. The Bertz CT molecular complexity index is 996. The molecule has 0 aromatic rings. The monoisotopic (exact) mass is 682 g/mol. The summed E-state index contributed by atoms with van der Waals surface area (Å²) in [6.07, 6.45) is -8.44. The maximum Gasteiger partial charge on any atom is 0.553 e. The molecule has 0 aromatic carbocycles. The van der Waals surface area contributed by atoms with E-state index >= 15 is 0 Å². The molecule has 0 saturated heterocycles. The molecular weight excluding hydrogens is 682 g/mol. The molecule has 0 radical (unpaired) electrons. The van der Waals surface area contributed by atoms with Crippen LogP contribution in [0.2, 0.25) is 0 Å². The van der Waals surface area contributed by atoms with E-state index in [2.05, 4.69) is 9.78 Å². The van der Waals surface area contributed by atoms with E-state index in [1.165, 1.54) is 0 Å². The molecule has 2 saturated carbocycles. The van der Waals surface area contributed by atoms with Crippen LogP contribution < -0.4 is 0 Å². The van der Waals surface area contributed by atoms with Crippen molar-refractivity contribution >= 4 is 12.3 Å². The molecule has 246 valence electrons. The molecule has 28 heteroatoms. The highest BCUT2D eigenvalue weighted by molar-refractivity contribution is 5.64. The van der Waals surface area contributed by atoms with Gasteiger partial charge in [0.25, 0.3) is 0 Å². The van der Waals surface area contributed by atoms with Gasteiger partial charge in [-0.1, -0.05) is 0 Å². The quantitative estimate of drug-likeness (QED) is 0.136. The van der Waals surface area contributed by atoms with Gasteiger partial charge in [0.2, 0.25) is 0 Å². The summed E-state index contributed by atoms with van der Waals surface area (Å²) in [6.45, 7) is 0. The van der Waals surface area contributed by atoms with E-state index in [-0.39, 0.29) is 0 Å². The lowest BCUT2D eigenvalue weighted by Crippen LogP contribution is -2.84. The molecule has 0 spiro atoms. The summed E-state index contributed by atoms with van der Waals surface area (Å²) in [6, 6.07) is 0. The maximum atomic E-state index is 14.1. The average molecular weight is 682 g/mol. The maximum absolute atomic E-state index is 14.1. The Morgan fingerprint density at radius 1 is 0.286 bits per heavy atom. The molecule has 0 heterocycles. The summed E-state index contributed by atoms with van der Waals surface area (Å²) < 4.78 is 299. The van der Waals surface area contributed by atoms with Crippen molar-refractivity contribution in [3.05, 3.63) is 0 Å². The molecule has 0 bridgehead atoms. The van der Waals surface area contributed by atoms with E-state index in [9.17, 15) is 106 Å². The highest BCUT2D eigenvalue weighted by Crippen LogP contribution is 2.71. The van der Waals surface area contributed by atoms with E-state index in [4.69, 9.17) is 0 Å². The molecule has 0 aromatic heterocycles. The van der Waals surface area contributed by atoms with Crippen LogP contribution in [-0.4, -0.2) is 83.2 Å². The van der Waals surface area contributed by atoms with Gasteiger partial charge in [0.1, 0.15) is 0 Å². The highest BCUT2D eigenvalue weighted by Gasteiger charge is 3.04.